The number of hydrogen-bond acceptors (Lipinski definition) is 2. The summed E-state index contributed by atoms with van der Waals surface area (Å²) in [6, 6.07) is 30.6. The fraction of sp³-hybridized carbons (Fsp3) is 0.189. The Morgan fingerprint density at radius 1 is 0.585 bits per heavy atom. The van der Waals surface area contributed by atoms with E-state index >= 15 is 0 Å². The van der Waals surface area contributed by atoms with Crippen LogP contribution in [0.3, 0.4) is 0 Å². The first-order valence-electron chi connectivity index (χ1n) is 14.3. The molecule has 3 nitrogen and oxygen atoms in total. The molecule has 0 spiro atoms. The minimum atomic E-state index is 0.699. The first-order chi connectivity index (χ1) is 19.7. The van der Waals surface area contributed by atoms with E-state index in [0.29, 0.717) is 5.82 Å². The summed E-state index contributed by atoms with van der Waals surface area (Å²) < 4.78 is 2.14. The van der Waals surface area contributed by atoms with Crippen molar-refractivity contribution in [2.24, 2.45) is 4.99 Å². The summed E-state index contributed by atoms with van der Waals surface area (Å²) in [6.45, 7) is 15.1. The van der Waals surface area contributed by atoms with Crippen LogP contribution in [0, 0.1) is 41.5 Å². The van der Waals surface area contributed by atoms with Crippen molar-refractivity contribution in [3.63, 3.8) is 0 Å². The van der Waals surface area contributed by atoms with Gasteiger partial charge in [0.05, 0.1) is 5.52 Å². The lowest BCUT2D eigenvalue weighted by Crippen LogP contribution is -2.23. The Morgan fingerprint density at radius 3 is 1.71 bits per heavy atom. The van der Waals surface area contributed by atoms with E-state index in [-0.39, 0.29) is 0 Å². The van der Waals surface area contributed by atoms with Crippen molar-refractivity contribution in [1.82, 2.24) is 9.46 Å². The number of pyridine rings is 2. The van der Waals surface area contributed by atoms with E-state index in [1.165, 1.54) is 61.0 Å². The zero-order valence-corrected chi connectivity index (χ0v) is 25.0. The summed E-state index contributed by atoms with van der Waals surface area (Å²) in [6.07, 6.45) is 0. The average Bonchev–Trinajstić information content (AvgIpc) is 2.92. The van der Waals surface area contributed by atoms with Crippen LogP contribution in [0.2, 0.25) is 6.82 Å². The van der Waals surface area contributed by atoms with Crippen molar-refractivity contribution in [2.75, 3.05) is 0 Å². The topological polar surface area (TPSA) is 30.2 Å². The third-order valence-electron chi connectivity index (χ3n) is 8.04. The van der Waals surface area contributed by atoms with Gasteiger partial charge in [0.15, 0.2) is 5.82 Å². The molecule has 0 aliphatic rings. The Hall–Kier alpha value is -4.44. The largest absolute Gasteiger partial charge is 0.376 e. The number of hydrogen-bond donors (Lipinski definition) is 0. The van der Waals surface area contributed by atoms with Crippen LogP contribution in [0.4, 0.5) is 5.82 Å². The molecule has 0 atom stereocenters. The summed E-state index contributed by atoms with van der Waals surface area (Å²) >= 11 is 0. The van der Waals surface area contributed by atoms with Crippen molar-refractivity contribution in [1.29, 1.82) is 0 Å². The number of aryl methyl sites for hydroxylation is 6. The maximum absolute atomic E-state index is 4.97. The van der Waals surface area contributed by atoms with E-state index < -0.39 is 0 Å². The Labute approximate surface area is 243 Å². The molecule has 2 heterocycles. The Bertz CT molecular complexity index is 2000. The zero-order valence-electron chi connectivity index (χ0n) is 25.0. The number of nitrogens with zero attached hydrogens (tertiary/aromatic N) is 3. The summed E-state index contributed by atoms with van der Waals surface area (Å²) in [4.78, 5) is 9.88. The minimum absolute atomic E-state index is 0.699. The molecule has 4 heteroatoms. The van der Waals surface area contributed by atoms with E-state index in [1.54, 1.807) is 0 Å². The highest BCUT2D eigenvalue weighted by Gasteiger charge is 2.11. The first kappa shape index (κ1) is 26.8. The molecule has 0 aliphatic heterocycles. The second-order valence-corrected chi connectivity index (χ2v) is 11.3. The fourth-order valence-corrected chi connectivity index (χ4v) is 6.51. The molecule has 0 fully saturated rings. The molecular formula is C37H35BN3. The van der Waals surface area contributed by atoms with Crippen LogP contribution in [0.5, 0.6) is 0 Å². The Kier molecular flexibility index (Phi) is 6.87. The molecule has 0 unspecified atom stereocenters. The van der Waals surface area contributed by atoms with Gasteiger partial charge in [0.2, 0.25) is 0 Å². The van der Waals surface area contributed by atoms with E-state index in [0.717, 1.165) is 21.9 Å². The number of fused-ring (bicyclic) bond motifs is 2. The Balaban J connectivity index is 1.40. The maximum atomic E-state index is 4.97. The lowest BCUT2D eigenvalue weighted by Gasteiger charge is -2.15. The second kappa shape index (κ2) is 10.5. The van der Waals surface area contributed by atoms with Gasteiger partial charge in [-0.15, -0.1) is 0 Å². The van der Waals surface area contributed by atoms with Gasteiger partial charge in [-0.1, -0.05) is 54.3 Å². The van der Waals surface area contributed by atoms with Gasteiger partial charge in [0.1, 0.15) is 5.49 Å². The average molecular weight is 533 g/mol. The molecule has 0 bridgehead atoms. The summed E-state index contributed by atoms with van der Waals surface area (Å²) in [7, 11) is 2.07. The third kappa shape index (κ3) is 4.99. The van der Waals surface area contributed by atoms with Gasteiger partial charge in [0, 0.05) is 10.9 Å². The van der Waals surface area contributed by atoms with Crippen molar-refractivity contribution in [2.45, 2.75) is 48.4 Å². The van der Waals surface area contributed by atoms with Crippen molar-refractivity contribution in [3.8, 4) is 22.3 Å². The van der Waals surface area contributed by atoms with Gasteiger partial charge in [-0.25, -0.2) is 9.98 Å². The van der Waals surface area contributed by atoms with Crippen LogP contribution in [-0.2, 0) is 0 Å². The number of rotatable bonds is 4. The van der Waals surface area contributed by atoms with Crippen molar-refractivity contribution >= 4 is 35.0 Å². The van der Waals surface area contributed by atoms with Crippen LogP contribution in [-0.4, -0.2) is 16.9 Å². The van der Waals surface area contributed by atoms with Gasteiger partial charge in [-0.05, 0) is 140 Å². The molecule has 0 saturated heterocycles. The van der Waals surface area contributed by atoms with Gasteiger partial charge in [0.25, 0.3) is 7.41 Å². The van der Waals surface area contributed by atoms with Gasteiger partial charge in [-0.3, -0.25) is 0 Å². The number of benzene rings is 4. The normalized spacial score (nSPS) is 11.9. The molecule has 0 amide bonds. The zero-order chi connectivity index (χ0) is 28.8. The molecule has 1 radical (unpaired) electrons. The van der Waals surface area contributed by atoms with Gasteiger partial charge < -0.3 is 4.48 Å². The highest BCUT2D eigenvalue weighted by atomic mass is 15.0. The molecule has 41 heavy (non-hydrogen) atoms. The van der Waals surface area contributed by atoms with E-state index in [2.05, 4.69) is 132 Å². The molecule has 0 saturated carbocycles. The lowest BCUT2D eigenvalue weighted by atomic mass is 9.92. The smallest absolute Gasteiger partial charge is 0.251 e. The summed E-state index contributed by atoms with van der Waals surface area (Å²) in [5, 5.41) is 2.29. The van der Waals surface area contributed by atoms with E-state index in [4.69, 9.17) is 9.98 Å². The summed E-state index contributed by atoms with van der Waals surface area (Å²) in [5.41, 5.74) is 15.8. The predicted octanol–water partition coefficient (Wildman–Crippen LogP) is 9.12. The predicted molar refractivity (Wildman–Crippen MR) is 175 cm³/mol. The monoisotopic (exact) mass is 532 g/mol. The highest BCUT2D eigenvalue weighted by Crippen LogP contribution is 2.32. The van der Waals surface area contributed by atoms with Crippen molar-refractivity contribution in [3.05, 3.63) is 124 Å². The quantitative estimate of drug-likeness (QED) is 0.208. The van der Waals surface area contributed by atoms with Crippen LogP contribution in [0.1, 0.15) is 33.4 Å². The molecule has 0 aliphatic carbocycles. The maximum Gasteiger partial charge on any atom is 0.251 e. The molecule has 0 N–H and O–H groups in total. The van der Waals surface area contributed by atoms with Gasteiger partial charge in [-0.2, -0.15) is 0 Å². The molecule has 201 valence electrons. The Morgan fingerprint density at radius 2 is 1.12 bits per heavy atom. The molecule has 6 rings (SSSR count). The molecule has 4 aromatic carbocycles. The summed E-state index contributed by atoms with van der Waals surface area (Å²) in [5.74, 6) is 0.699. The highest BCUT2D eigenvalue weighted by molar-refractivity contribution is 6.33. The number of aromatic nitrogens is 2. The van der Waals surface area contributed by atoms with E-state index in [9.17, 15) is 0 Å². The molecular weight excluding hydrogens is 497 g/mol. The van der Waals surface area contributed by atoms with Crippen LogP contribution in [0.15, 0.2) is 89.9 Å². The van der Waals surface area contributed by atoms with E-state index in [1.807, 2.05) is 12.9 Å². The van der Waals surface area contributed by atoms with Crippen LogP contribution < -0.4 is 5.49 Å². The van der Waals surface area contributed by atoms with Crippen LogP contribution in [0.25, 0.3) is 44.1 Å². The lowest BCUT2D eigenvalue weighted by molar-refractivity contribution is 1.08. The minimum Gasteiger partial charge on any atom is -0.376 e. The molecule has 6 aromatic rings. The standard InChI is InChI=1S/C37H35BN3/c1-22-16-24(3)36(25(4)17-22)30-8-12-32-28(20-30)10-14-34(39-32)40-35-15-11-29-21-31(9-13-33(29)41(35)38-7)37-26(5)18-23(2)19-27(37)6/h8-21H,1-7H3. The van der Waals surface area contributed by atoms with Gasteiger partial charge >= 0.3 is 0 Å². The molecule has 2 aromatic heterocycles. The third-order valence-corrected chi connectivity index (χ3v) is 8.04. The van der Waals surface area contributed by atoms with Crippen LogP contribution >= 0.6 is 0 Å². The second-order valence-electron chi connectivity index (χ2n) is 11.3. The first-order valence-corrected chi connectivity index (χ1v) is 14.3. The fourth-order valence-electron chi connectivity index (χ4n) is 6.51. The SMILES string of the molecule is C[B]n1c(=Nc2ccc3cc(-c4c(C)cc(C)cc4C)ccc3n2)ccc2cc(-c3c(C)cc(C)cc3C)ccc21. The van der Waals surface area contributed by atoms with Crippen molar-refractivity contribution < 1.29 is 0 Å².